The maximum absolute atomic E-state index is 5.64. The third-order valence-electron chi connectivity index (χ3n) is 2.58. The van der Waals surface area contributed by atoms with Crippen molar-refractivity contribution >= 4 is 15.9 Å². The monoisotopic (exact) mass is 284 g/mol. The molecule has 4 heteroatoms. The molecular weight excluding hydrogens is 268 g/mol. The number of aromatic nitrogens is 2. The van der Waals surface area contributed by atoms with Gasteiger partial charge < -0.3 is 4.74 Å². The first-order valence-corrected chi connectivity index (χ1v) is 6.61. The summed E-state index contributed by atoms with van der Waals surface area (Å²) in [5.74, 6) is 2.84. The molecular formula is C12H17BrN2O. The van der Waals surface area contributed by atoms with Crippen LogP contribution >= 0.6 is 15.9 Å². The summed E-state index contributed by atoms with van der Waals surface area (Å²) in [6.45, 7) is 5.11. The summed E-state index contributed by atoms with van der Waals surface area (Å²) in [7, 11) is 0. The third kappa shape index (κ3) is 3.44. The number of halogens is 1. The van der Waals surface area contributed by atoms with E-state index in [0.717, 1.165) is 23.5 Å². The lowest BCUT2D eigenvalue weighted by Gasteiger charge is -2.08. The van der Waals surface area contributed by atoms with Gasteiger partial charge in [0, 0.05) is 12.0 Å². The molecule has 1 aromatic rings. The van der Waals surface area contributed by atoms with Crippen LogP contribution in [0.25, 0.3) is 0 Å². The number of hydrogen-bond donors (Lipinski definition) is 0. The van der Waals surface area contributed by atoms with Crippen molar-refractivity contribution < 1.29 is 4.74 Å². The van der Waals surface area contributed by atoms with Crippen molar-refractivity contribution in [2.45, 2.75) is 39.0 Å². The number of nitrogens with zero attached hydrogens (tertiary/aromatic N) is 2. The first-order chi connectivity index (χ1) is 7.65. The van der Waals surface area contributed by atoms with Crippen LogP contribution in [-0.2, 0) is 0 Å². The van der Waals surface area contributed by atoms with Crippen molar-refractivity contribution in [2.75, 3.05) is 6.61 Å². The van der Waals surface area contributed by atoms with Gasteiger partial charge in [0.1, 0.15) is 10.4 Å². The van der Waals surface area contributed by atoms with E-state index in [1.54, 1.807) is 0 Å². The molecule has 3 nitrogen and oxygen atoms in total. The molecule has 0 aliphatic heterocycles. The first-order valence-electron chi connectivity index (χ1n) is 5.82. The quantitative estimate of drug-likeness (QED) is 0.776. The molecule has 1 saturated carbocycles. The largest absolute Gasteiger partial charge is 0.478 e. The van der Waals surface area contributed by atoms with E-state index in [1.165, 1.54) is 12.8 Å². The second-order valence-electron chi connectivity index (χ2n) is 4.69. The molecule has 2 rings (SSSR count). The van der Waals surface area contributed by atoms with Crippen LogP contribution < -0.4 is 4.74 Å². The summed E-state index contributed by atoms with van der Waals surface area (Å²) in [5, 5.41) is 0. The highest BCUT2D eigenvalue weighted by Gasteiger charge is 2.27. The predicted molar refractivity (Wildman–Crippen MR) is 66.7 cm³/mol. The first kappa shape index (κ1) is 11.8. The van der Waals surface area contributed by atoms with Crippen LogP contribution in [0.4, 0.5) is 0 Å². The van der Waals surface area contributed by atoms with E-state index >= 15 is 0 Å². The maximum Gasteiger partial charge on any atom is 0.217 e. The Morgan fingerprint density at radius 3 is 2.81 bits per heavy atom. The van der Waals surface area contributed by atoms with Crippen LogP contribution in [0.1, 0.15) is 44.9 Å². The summed E-state index contributed by atoms with van der Waals surface area (Å²) in [6.07, 6.45) is 3.48. The van der Waals surface area contributed by atoms with Crippen molar-refractivity contribution in [3.8, 4) is 5.88 Å². The van der Waals surface area contributed by atoms with Crippen molar-refractivity contribution in [2.24, 2.45) is 5.92 Å². The SMILES string of the molecule is CC(C)CCOc1cc(Br)nc(C2CC2)n1. The summed E-state index contributed by atoms with van der Waals surface area (Å²) < 4.78 is 6.46. The summed E-state index contributed by atoms with van der Waals surface area (Å²) >= 11 is 3.40. The zero-order valence-corrected chi connectivity index (χ0v) is 11.3. The van der Waals surface area contributed by atoms with Gasteiger partial charge in [0.05, 0.1) is 6.61 Å². The Morgan fingerprint density at radius 2 is 2.19 bits per heavy atom. The number of hydrogen-bond acceptors (Lipinski definition) is 3. The third-order valence-corrected chi connectivity index (χ3v) is 2.98. The molecule has 1 fully saturated rings. The molecule has 0 spiro atoms. The van der Waals surface area contributed by atoms with Gasteiger partial charge in [-0.2, -0.15) is 4.98 Å². The molecule has 1 aliphatic carbocycles. The molecule has 0 radical (unpaired) electrons. The fourth-order valence-electron chi connectivity index (χ4n) is 1.41. The van der Waals surface area contributed by atoms with Gasteiger partial charge >= 0.3 is 0 Å². The normalized spacial score (nSPS) is 15.5. The van der Waals surface area contributed by atoms with Gasteiger partial charge in [0.2, 0.25) is 5.88 Å². The molecule has 88 valence electrons. The molecule has 0 saturated heterocycles. The average molecular weight is 285 g/mol. The zero-order chi connectivity index (χ0) is 11.5. The molecule has 0 N–H and O–H groups in total. The Hall–Kier alpha value is -0.640. The molecule has 0 unspecified atom stereocenters. The maximum atomic E-state index is 5.64. The minimum atomic E-state index is 0.560. The van der Waals surface area contributed by atoms with E-state index in [-0.39, 0.29) is 0 Å². The second kappa shape index (κ2) is 5.13. The van der Waals surface area contributed by atoms with E-state index in [2.05, 4.69) is 39.7 Å². The number of rotatable bonds is 5. The molecule has 0 atom stereocenters. The van der Waals surface area contributed by atoms with Crippen molar-refractivity contribution in [1.82, 2.24) is 9.97 Å². The fraction of sp³-hybridized carbons (Fsp3) is 0.667. The van der Waals surface area contributed by atoms with Gasteiger partial charge in [-0.1, -0.05) is 13.8 Å². The Kier molecular flexibility index (Phi) is 3.79. The Labute approximate surface area is 105 Å². The lowest BCUT2D eigenvalue weighted by molar-refractivity contribution is 0.277. The lowest BCUT2D eigenvalue weighted by Crippen LogP contribution is -2.04. The molecule has 0 aromatic carbocycles. The minimum Gasteiger partial charge on any atom is -0.478 e. The Bertz CT molecular complexity index is 364. The molecule has 0 bridgehead atoms. The van der Waals surface area contributed by atoms with Gasteiger partial charge in [-0.05, 0) is 41.1 Å². The molecule has 16 heavy (non-hydrogen) atoms. The summed E-state index contributed by atoms with van der Waals surface area (Å²) in [5.41, 5.74) is 0. The zero-order valence-electron chi connectivity index (χ0n) is 9.74. The van der Waals surface area contributed by atoms with E-state index in [0.29, 0.717) is 17.7 Å². The van der Waals surface area contributed by atoms with E-state index in [9.17, 15) is 0 Å². The van der Waals surface area contributed by atoms with Gasteiger partial charge in [-0.25, -0.2) is 4.98 Å². The van der Waals surface area contributed by atoms with Crippen LogP contribution in [0.5, 0.6) is 5.88 Å². The molecule has 1 aromatic heterocycles. The standard InChI is InChI=1S/C12H17BrN2O/c1-8(2)5-6-16-11-7-10(13)14-12(15-11)9-3-4-9/h7-9H,3-6H2,1-2H3. The lowest BCUT2D eigenvalue weighted by atomic mass is 10.1. The molecule has 0 amide bonds. The van der Waals surface area contributed by atoms with Crippen LogP contribution in [0.2, 0.25) is 0 Å². The smallest absolute Gasteiger partial charge is 0.217 e. The van der Waals surface area contributed by atoms with Gasteiger partial charge in [0.15, 0.2) is 0 Å². The Balaban J connectivity index is 1.97. The number of ether oxygens (including phenoxy) is 1. The fourth-order valence-corrected chi connectivity index (χ4v) is 1.79. The highest BCUT2D eigenvalue weighted by atomic mass is 79.9. The van der Waals surface area contributed by atoms with Crippen LogP contribution in [0, 0.1) is 5.92 Å². The van der Waals surface area contributed by atoms with Crippen LogP contribution in [-0.4, -0.2) is 16.6 Å². The van der Waals surface area contributed by atoms with Crippen LogP contribution in [0.15, 0.2) is 10.7 Å². The topological polar surface area (TPSA) is 35.0 Å². The van der Waals surface area contributed by atoms with Gasteiger partial charge in [-0.3, -0.25) is 0 Å². The molecule has 1 heterocycles. The van der Waals surface area contributed by atoms with Crippen molar-refractivity contribution in [3.63, 3.8) is 0 Å². The Morgan fingerprint density at radius 1 is 1.44 bits per heavy atom. The summed E-state index contributed by atoms with van der Waals surface area (Å²) in [4.78, 5) is 8.79. The van der Waals surface area contributed by atoms with Crippen molar-refractivity contribution in [3.05, 3.63) is 16.5 Å². The molecule has 1 aliphatic rings. The predicted octanol–water partition coefficient (Wildman–Crippen LogP) is 3.54. The van der Waals surface area contributed by atoms with E-state index in [4.69, 9.17) is 4.74 Å². The van der Waals surface area contributed by atoms with Crippen molar-refractivity contribution in [1.29, 1.82) is 0 Å². The van der Waals surface area contributed by atoms with E-state index < -0.39 is 0 Å². The highest BCUT2D eigenvalue weighted by Crippen LogP contribution is 2.39. The highest BCUT2D eigenvalue weighted by molar-refractivity contribution is 9.10. The van der Waals surface area contributed by atoms with E-state index in [1.807, 2.05) is 6.07 Å². The van der Waals surface area contributed by atoms with Gasteiger partial charge in [-0.15, -0.1) is 0 Å². The average Bonchev–Trinajstić information content (AvgIpc) is 2.99. The second-order valence-corrected chi connectivity index (χ2v) is 5.50. The summed E-state index contributed by atoms with van der Waals surface area (Å²) in [6, 6.07) is 1.84. The minimum absolute atomic E-state index is 0.560. The van der Waals surface area contributed by atoms with Gasteiger partial charge in [0.25, 0.3) is 0 Å². The van der Waals surface area contributed by atoms with Crippen LogP contribution in [0.3, 0.4) is 0 Å².